The Morgan fingerprint density at radius 1 is 1.05 bits per heavy atom. The number of nitrogens with one attached hydrogen (secondary N) is 1. The van der Waals surface area contributed by atoms with E-state index in [0.717, 1.165) is 39.0 Å². The van der Waals surface area contributed by atoms with Gasteiger partial charge < -0.3 is 19.5 Å². The van der Waals surface area contributed by atoms with Gasteiger partial charge in [-0.1, -0.05) is 65.7 Å². The van der Waals surface area contributed by atoms with Crippen molar-refractivity contribution in [1.29, 1.82) is 0 Å². The average Bonchev–Trinajstić information content (AvgIpc) is 3.29. The van der Waals surface area contributed by atoms with Crippen molar-refractivity contribution in [3.63, 3.8) is 0 Å². The fraction of sp³-hybridized carbons (Fsp3) is 0.241. The molecule has 1 saturated heterocycles. The first kappa shape index (κ1) is 23.9. The number of hydrogen-bond acceptors (Lipinski definition) is 3. The number of nitrogens with zero attached hydrogens (tertiary/aromatic N) is 2. The van der Waals surface area contributed by atoms with E-state index in [0.29, 0.717) is 16.6 Å². The van der Waals surface area contributed by atoms with Crippen LogP contribution in [0.25, 0.3) is 10.9 Å². The maximum Gasteiger partial charge on any atom is 0.255 e. The summed E-state index contributed by atoms with van der Waals surface area (Å²) in [4.78, 5) is 34.8. The maximum atomic E-state index is 14.2. The number of aromatic nitrogens is 1. The summed E-state index contributed by atoms with van der Waals surface area (Å²) in [5.74, 6) is 0.326. The second-order valence-corrected chi connectivity index (χ2v) is 10.6. The Kier molecular flexibility index (Phi) is 5.70. The van der Waals surface area contributed by atoms with Crippen molar-refractivity contribution in [2.24, 2.45) is 0 Å². The topological polar surface area (TPSA) is 65.6 Å². The van der Waals surface area contributed by atoms with Crippen molar-refractivity contribution in [2.45, 2.75) is 24.9 Å². The minimum Gasteiger partial charge on any atom is -0.496 e. The van der Waals surface area contributed by atoms with Crippen LogP contribution in [0.3, 0.4) is 0 Å². The summed E-state index contributed by atoms with van der Waals surface area (Å²) in [6.45, 7) is 2.40. The molecule has 0 saturated carbocycles. The molecule has 8 heteroatoms. The van der Waals surface area contributed by atoms with Crippen molar-refractivity contribution in [2.75, 3.05) is 20.2 Å². The van der Waals surface area contributed by atoms with Gasteiger partial charge in [0.2, 0.25) is 5.91 Å². The zero-order valence-corrected chi connectivity index (χ0v) is 21.9. The predicted molar refractivity (Wildman–Crippen MR) is 144 cm³/mol. The highest BCUT2D eigenvalue weighted by Crippen LogP contribution is 2.49. The first-order chi connectivity index (χ1) is 17.8. The number of fused-ring (bicyclic) bond motifs is 5. The van der Waals surface area contributed by atoms with Crippen LogP contribution in [-0.2, 0) is 21.7 Å². The first-order valence-electron chi connectivity index (χ1n) is 12.1. The number of carbonyl (C=O) groups excluding carboxylic acids is 2. The van der Waals surface area contributed by atoms with E-state index in [-0.39, 0.29) is 30.8 Å². The van der Waals surface area contributed by atoms with Gasteiger partial charge in [0.1, 0.15) is 12.3 Å². The number of amides is 2. The van der Waals surface area contributed by atoms with E-state index in [4.69, 9.17) is 27.9 Å². The molecule has 2 aliphatic heterocycles. The molecule has 6 rings (SSSR count). The molecule has 37 heavy (non-hydrogen) atoms. The Morgan fingerprint density at radius 2 is 1.81 bits per heavy atom. The van der Waals surface area contributed by atoms with Gasteiger partial charge in [0, 0.05) is 45.5 Å². The number of para-hydroxylation sites is 2. The number of methoxy groups -OCH3 is 1. The van der Waals surface area contributed by atoms with E-state index in [1.165, 1.54) is 0 Å². The Morgan fingerprint density at radius 3 is 2.59 bits per heavy atom. The highest BCUT2D eigenvalue weighted by Gasteiger charge is 2.56. The molecule has 2 aliphatic rings. The quantitative estimate of drug-likeness (QED) is 0.365. The van der Waals surface area contributed by atoms with Crippen molar-refractivity contribution in [3.8, 4) is 5.75 Å². The molecule has 2 amide bonds. The van der Waals surface area contributed by atoms with Crippen LogP contribution in [0, 0.1) is 0 Å². The zero-order valence-electron chi connectivity index (χ0n) is 20.4. The number of ether oxygens (including phenoxy) is 1. The third kappa shape index (κ3) is 3.62. The number of piperazine rings is 1. The summed E-state index contributed by atoms with van der Waals surface area (Å²) in [7, 11) is 1.65. The van der Waals surface area contributed by atoms with Gasteiger partial charge in [-0.15, -0.1) is 0 Å². The molecule has 2 unspecified atom stereocenters. The molecule has 2 atom stereocenters. The van der Waals surface area contributed by atoms with Crippen LogP contribution in [0.1, 0.15) is 35.2 Å². The van der Waals surface area contributed by atoms with Crippen molar-refractivity contribution >= 4 is 45.9 Å². The lowest BCUT2D eigenvalue weighted by molar-refractivity contribution is -0.166. The summed E-state index contributed by atoms with van der Waals surface area (Å²) in [6.07, 6.45) is 0. The Hall–Kier alpha value is -3.48. The molecular weight excluding hydrogens is 509 g/mol. The monoisotopic (exact) mass is 533 g/mol. The molecule has 1 N–H and O–H groups in total. The molecule has 1 fully saturated rings. The molecule has 3 aromatic carbocycles. The van der Waals surface area contributed by atoms with Gasteiger partial charge in [-0.25, -0.2) is 0 Å². The van der Waals surface area contributed by atoms with E-state index in [2.05, 4.69) is 11.1 Å². The molecule has 4 aromatic rings. The lowest BCUT2D eigenvalue weighted by Crippen LogP contribution is -2.67. The standard InChI is InChI=1S/C29H25Cl2N3O3/c1-29-27-26(20-8-3-5-9-23(20)32-27)21(19-7-4-6-10-24(19)37-2)15-34(29)25(35)16-33(28(29)36)14-17-11-12-18(30)13-22(17)31/h3-13,21,32H,14-16H2,1-2H3. The van der Waals surface area contributed by atoms with Gasteiger partial charge in [0.15, 0.2) is 5.54 Å². The summed E-state index contributed by atoms with van der Waals surface area (Å²) < 4.78 is 5.70. The lowest BCUT2D eigenvalue weighted by atomic mass is 9.76. The number of rotatable bonds is 4. The van der Waals surface area contributed by atoms with Crippen LogP contribution in [0.5, 0.6) is 5.75 Å². The Balaban J connectivity index is 1.51. The van der Waals surface area contributed by atoms with E-state index >= 15 is 0 Å². The van der Waals surface area contributed by atoms with E-state index < -0.39 is 5.54 Å². The van der Waals surface area contributed by atoms with Crippen LogP contribution in [-0.4, -0.2) is 46.8 Å². The largest absolute Gasteiger partial charge is 0.496 e. The van der Waals surface area contributed by atoms with Gasteiger partial charge in [-0.2, -0.15) is 0 Å². The highest BCUT2D eigenvalue weighted by atomic mass is 35.5. The van der Waals surface area contributed by atoms with Gasteiger partial charge in [0.25, 0.3) is 5.91 Å². The zero-order chi connectivity index (χ0) is 25.9. The fourth-order valence-electron chi connectivity index (χ4n) is 5.89. The minimum atomic E-state index is -1.19. The normalized spacial score (nSPS) is 21.2. The molecule has 3 heterocycles. The smallest absolute Gasteiger partial charge is 0.255 e. The number of benzene rings is 3. The van der Waals surface area contributed by atoms with Crippen LogP contribution in [0.4, 0.5) is 0 Å². The number of aromatic amines is 1. The van der Waals surface area contributed by atoms with E-state index in [9.17, 15) is 9.59 Å². The minimum absolute atomic E-state index is 0.0262. The van der Waals surface area contributed by atoms with Gasteiger partial charge in [0.05, 0.1) is 12.8 Å². The second-order valence-electron chi connectivity index (χ2n) is 9.73. The number of halogens is 2. The van der Waals surface area contributed by atoms with E-state index in [1.54, 1.807) is 35.1 Å². The summed E-state index contributed by atoms with van der Waals surface area (Å²) in [6, 6.07) is 21.1. The SMILES string of the molecule is COc1ccccc1C1CN2C(=O)CN(Cc3ccc(Cl)cc3Cl)C(=O)C2(C)c2[nH]c3ccccc3c21. The summed E-state index contributed by atoms with van der Waals surface area (Å²) in [5.41, 5.74) is 3.21. The molecular formula is C29H25Cl2N3O3. The van der Waals surface area contributed by atoms with Crippen molar-refractivity contribution in [3.05, 3.63) is 99.2 Å². The molecule has 0 bridgehead atoms. The third-order valence-electron chi connectivity index (χ3n) is 7.71. The summed E-state index contributed by atoms with van der Waals surface area (Å²) >= 11 is 12.5. The third-order valence-corrected chi connectivity index (χ3v) is 8.29. The van der Waals surface area contributed by atoms with Crippen LogP contribution >= 0.6 is 23.2 Å². The highest BCUT2D eigenvalue weighted by molar-refractivity contribution is 6.35. The maximum absolute atomic E-state index is 14.2. The van der Waals surface area contributed by atoms with E-state index in [1.807, 2.05) is 49.4 Å². The molecule has 0 aliphatic carbocycles. The fourth-order valence-corrected chi connectivity index (χ4v) is 6.36. The molecule has 188 valence electrons. The number of hydrogen-bond donors (Lipinski definition) is 1. The molecule has 0 radical (unpaired) electrons. The number of H-pyrrole nitrogens is 1. The van der Waals surface area contributed by atoms with Crippen LogP contribution in [0.2, 0.25) is 10.0 Å². The predicted octanol–water partition coefficient (Wildman–Crippen LogP) is 5.72. The van der Waals surface area contributed by atoms with Crippen LogP contribution in [0.15, 0.2) is 66.7 Å². The summed E-state index contributed by atoms with van der Waals surface area (Å²) in [5, 5.41) is 2.02. The number of carbonyl (C=O) groups is 2. The average molecular weight is 534 g/mol. The lowest BCUT2D eigenvalue weighted by Gasteiger charge is -2.51. The Bertz CT molecular complexity index is 1570. The van der Waals surface area contributed by atoms with Crippen molar-refractivity contribution < 1.29 is 14.3 Å². The van der Waals surface area contributed by atoms with Crippen molar-refractivity contribution in [1.82, 2.24) is 14.8 Å². The molecule has 1 aromatic heterocycles. The van der Waals surface area contributed by atoms with Crippen LogP contribution < -0.4 is 4.74 Å². The van der Waals surface area contributed by atoms with Gasteiger partial charge in [-0.3, -0.25) is 9.59 Å². The molecule has 0 spiro atoms. The van der Waals surface area contributed by atoms with Gasteiger partial charge in [-0.05, 0) is 42.3 Å². The Labute approximate surface area is 224 Å². The second kappa shape index (κ2) is 8.82. The molecule has 6 nitrogen and oxygen atoms in total. The van der Waals surface area contributed by atoms with Gasteiger partial charge >= 0.3 is 0 Å². The first-order valence-corrected chi connectivity index (χ1v) is 12.9.